The molecule has 1 N–H and O–H groups in total. The number of rotatable bonds is 6. The Balaban J connectivity index is 0.00000225. The van der Waals surface area contributed by atoms with Crippen molar-refractivity contribution >= 4 is 17.0 Å². The van der Waals surface area contributed by atoms with Crippen molar-refractivity contribution in [2.75, 3.05) is 27.3 Å². The number of likely N-dealkylation sites (N-methyl/N-ethyl adjacent to an activating group) is 1. The van der Waals surface area contributed by atoms with Crippen LogP contribution < -0.4 is 14.8 Å². The minimum absolute atomic E-state index is 0. The van der Waals surface area contributed by atoms with Crippen molar-refractivity contribution in [1.29, 1.82) is 0 Å². The first-order valence-electron chi connectivity index (χ1n) is 5.23. The van der Waals surface area contributed by atoms with Gasteiger partial charge < -0.3 is 14.8 Å². The van der Waals surface area contributed by atoms with Crippen molar-refractivity contribution in [3.63, 3.8) is 0 Å². The van der Waals surface area contributed by atoms with E-state index in [2.05, 4.69) is 18.3 Å². The number of hydrogen-bond acceptors (Lipinski definition) is 3. The summed E-state index contributed by atoms with van der Waals surface area (Å²) in [7, 11) is 3.31. The molecule has 0 atom stereocenters. The summed E-state index contributed by atoms with van der Waals surface area (Å²) in [5, 5.41) is 3.29. The first-order valence-corrected chi connectivity index (χ1v) is 5.23. The van der Waals surface area contributed by atoms with Gasteiger partial charge in [-0.25, -0.2) is 0 Å². The fraction of sp³-hybridized carbons (Fsp3) is 0.500. The highest BCUT2D eigenvalue weighted by molar-refractivity contribution is 8.93. The third kappa shape index (κ3) is 4.41. The van der Waals surface area contributed by atoms with Crippen LogP contribution in [0, 0.1) is 0 Å². The molecule has 0 aliphatic heterocycles. The molecule has 0 aliphatic rings. The lowest BCUT2D eigenvalue weighted by Crippen LogP contribution is -2.16. The highest BCUT2D eigenvalue weighted by atomic mass is 79.9. The number of benzene rings is 1. The largest absolute Gasteiger partial charge is 0.493 e. The van der Waals surface area contributed by atoms with Gasteiger partial charge >= 0.3 is 0 Å². The molecular formula is C12H20BrNO2. The van der Waals surface area contributed by atoms with Gasteiger partial charge in [0.1, 0.15) is 0 Å². The SMILES string of the molecule is Br.CCNCCc1ccc(OC)c(OC)c1. The summed E-state index contributed by atoms with van der Waals surface area (Å²) in [6.07, 6.45) is 1.01. The van der Waals surface area contributed by atoms with E-state index in [0.29, 0.717) is 0 Å². The number of ether oxygens (including phenoxy) is 2. The third-order valence-corrected chi connectivity index (χ3v) is 2.29. The third-order valence-electron chi connectivity index (χ3n) is 2.29. The topological polar surface area (TPSA) is 30.5 Å². The van der Waals surface area contributed by atoms with Gasteiger partial charge in [-0.2, -0.15) is 0 Å². The molecule has 0 unspecified atom stereocenters. The summed E-state index contributed by atoms with van der Waals surface area (Å²) < 4.78 is 10.4. The first kappa shape index (κ1) is 15.3. The fourth-order valence-corrected chi connectivity index (χ4v) is 1.45. The number of methoxy groups -OCH3 is 2. The lowest BCUT2D eigenvalue weighted by atomic mass is 10.1. The molecule has 0 aromatic heterocycles. The molecule has 3 nitrogen and oxygen atoms in total. The summed E-state index contributed by atoms with van der Waals surface area (Å²) in [6, 6.07) is 6.04. The Hall–Kier alpha value is -0.740. The zero-order valence-corrected chi connectivity index (χ0v) is 11.8. The van der Waals surface area contributed by atoms with E-state index in [9.17, 15) is 0 Å². The highest BCUT2D eigenvalue weighted by Gasteiger charge is 2.03. The van der Waals surface area contributed by atoms with Crippen LogP contribution in [-0.2, 0) is 6.42 Å². The van der Waals surface area contributed by atoms with E-state index in [1.807, 2.05) is 12.1 Å². The summed E-state index contributed by atoms with van der Waals surface area (Å²) in [5.74, 6) is 1.58. The predicted octanol–water partition coefficient (Wildman–Crippen LogP) is 2.43. The van der Waals surface area contributed by atoms with E-state index in [4.69, 9.17) is 9.47 Å². The molecule has 1 aromatic carbocycles. The molecule has 0 bridgehead atoms. The van der Waals surface area contributed by atoms with Gasteiger partial charge in [-0.05, 0) is 37.2 Å². The van der Waals surface area contributed by atoms with Crippen molar-refractivity contribution < 1.29 is 9.47 Å². The lowest BCUT2D eigenvalue weighted by molar-refractivity contribution is 0.354. The standard InChI is InChI=1S/C12H19NO2.BrH/c1-4-13-8-7-10-5-6-11(14-2)12(9-10)15-3;/h5-6,9,13H,4,7-8H2,1-3H3;1H. The molecule has 1 aromatic rings. The van der Waals surface area contributed by atoms with E-state index in [1.54, 1.807) is 14.2 Å². The van der Waals surface area contributed by atoms with Crippen LogP contribution in [-0.4, -0.2) is 27.3 Å². The first-order chi connectivity index (χ1) is 7.31. The molecule has 92 valence electrons. The van der Waals surface area contributed by atoms with Gasteiger partial charge in [0.25, 0.3) is 0 Å². The van der Waals surface area contributed by atoms with Crippen molar-refractivity contribution in [1.82, 2.24) is 5.32 Å². The van der Waals surface area contributed by atoms with Gasteiger partial charge in [-0.3, -0.25) is 0 Å². The van der Waals surface area contributed by atoms with Crippen molar-refractivity contribution in [3.05, 3.63) is 23.8 Å². The van der Waals surface area contributed by atoms with E-state index >= 15 is 0 Å². The monoisotopic (exact) mass is 289 g/mol. The van der Waals surface area contributed by atoms with Gasteiger partial charge in [0, 0.05) is 0 Å². The number of hydrogen-bond donors (Lipinski definition) is 1. The molecule has 0 spiro atoms. The quantitative estimate of drug-likeness (QED) is 0.816. The summed E-state index contributed by atoms with van der Waals surface area (Å²) in [6.45, 7) is 4.11. The van der Waals surface area contributed by atoms with E-state index in [-0.39, 0.29) is 17.0 Å². The molecule has 0 saturated heterocycles. The molecule has 0 saturated carbocycles. The molecule has 0 radical (unpaired) electrons. The Morgan fingerprint density at radius 1 is 1.12 bits per heavy atom. The molecule has 1 rings (SSSR count). The summed E-state index contributed by atoms with van der Waals surface area (Å²) in [4.78, 5) is 0. The van der Waals surface area contributed by atoms with E-state index in [0.717, 1.165) is 31.0 Å². The maximum atomic E-state index is 5.24. The van der Waals surface area contributed by atoms with Crippen LogP contribution in [0.2, 0.25) is 0 Å². The molecule has 0 amide bonds. The van der Waals surface area contributed by atoms with Gasteiger partial charge in [0.05, 0.1) is 14.2 Å². The van der Waals surface area contributed by atoms with Gasteiger partial charge in [-0.1, -0.05) is 13.0 Å². The molecule has 0 heterocycles. The maximum absolute atomic E-state index is 5.24. The van der Waals surface area contributed by atoms with Crippen LogP contribution in [0.3, 0.4) is 0 Å². The Morgan fingerprint density at radius 3 is 2.38 bits per heavy atom. The van der Waals surface area contributed by atoms with Gasteiger partial charge in [0.2, 0.25) is 0 Å². The Morgan fingerprint density at radius 2 is 1.81 bits per heavy atom. The smallest absolute Gasteiger partial charge is 0.160 e. The molecule has 0 aliphatic carbocycles. The maximum Gasteiger partial charge on any atom is 0.160 e. The molecular weight excluding hydrogens is 270 g/mol. The van der Waals surface area contributed by atoms with Crippen LogP contribution in [0.1, 0.15) is 12.5 Å². The normalized spacial score (nSPS) is 9.44. The average molecular weight is 290 g/mol. The van der Waals surface area contributed by atoms with Crippen LogP contribution in [0.4, 0.5) is 0 Å². The number of nitrogens with one attached hydrogen (secondary N) is 1. The second-order valence-corrected chi connectivity index (χ2v) is 3.29. The summed E-state index contributed by atoms with van der Waals surface area (Å²) in [5.41, 5.74) is 1.26. The van der Waals surface area contributed by atoms with Crippen LogP contribution in [0.15, 0.2) is 18.2 Å². The van der Waals surface area contributed by atoms with Crippen LogP contribution >= 0.6 is 17.0 Å². The van der Waals surface area contributed by atoms with Crippen molar-refractivity contribution in [3.8, 4) is 11.5 Å². The van der Waals surface area contributed by atoms with Crippen molar-refractivity contribution in [2.24, 2.45) is 0 Å². The average Bonchev–Trinajstić information content (AvgIpc) is 2.29. The lowest BCUT2D eigenvalue weighted by Gasteiger charge is -2.09. The minimum atomic E-state index is 0. The van der Waals surface area contributed by atoms with Gasteiger partial charge in [0.15, 0.2) is 11.5 Å². The summed E-state index contributed by atoms with van der Waals surface area (Å²) >= 11 is 0. The molecule has 4 heteroatoms. The van der Waals surface area contributed by atoms with Crippen molar-refractivity contribution in [2.45, 2.75) is 13.3 Å². The Bertz CT molecular complexity index is 305. The van der Waals surface area contributed by atoms with E-state index < -0.39 is 0 Å². The predicted molar refractivity (Wildman–Crippen MR) is 72.1 cm³/mol. The second-order valence-electron chi connectivity index (χ2n) is 3.29. The Kier molecular flexibility index (Phi) is 8.03. The molecule has 16 heavy (non-hydrogen) atoms. The van der Waals surface area contributed by atoms with Gasteiger partial charge in [-0.15, -0.1) is 17.0 Å². The zero-order valence-electron chi connectivity index (χ0n) is 10.1. The van der Waals surface area contributed by atoms with Crippen LogP contribution in [0.5, 0.6) is 11.5 Å². The van der Waals surface area contributed by atoms with E-state index in [1.165, 1.54) is 5.56 Å². The number of halogens is 1. The second kappa shape index (κ2) is 8.42. The van der Waals surface area contributed by atoms with Crippen LogP contribution in [0.25, 0.3) is 0 Å². The highest BCUT2D eigenvalue weighted by Crippen LogP contribution is 2.27. The molecule has 0 fully saturated rings. The zero-order chi connectivity index (χ0) is 11.1. The minimum Gasteiger partial charge on any atom is -0.493 e. The fourth-order valence-electron chi connectivity index (χ4n) is 1.45. The Labute approximate surface area is 108 Å².